The fourth-order valence-corrected chi connectivity index (χ4v) is 5.34. The SMILES string of the molecule is CCC(Cc1ccc(OC(c2sc(-c3ccc(C(F)(F)F)cc3)nc2C)C2CC2)cc1C)C(=O)O. The smallest absolute Gasteiger partial charge is 0.416 e. The predicted octanol–water partition coefficient (Wildman–Crippen LogP) is 7.63. The summed E-state index contributed by atoms with van der Waals surface area (Å²) < 4.78 is 45.2. The van der Waals surface area contributed by atoms with Crippen LogP contribution in [0.3, 0.4) is 0 Å². The number of nitrogens with zero attached hydrogens (tertiary/aromatic N) is 1. The highest BCUT2D eigenvalue weighted by molar-refractivity contribution is 7.15. The molecule has 2 aromatic carbocycles. The van der Waals surface area contributed by atoms with Crippen LogP contribution in [-0.2, 0) is 17.4 Å². The van der Waals surface area contributed by atoms with E-state index >= 15 is 0 Å². The van der Waals surface area contributed by atoms with Crippen LogP contribution in [0.25, 0.3) is 10.6 Å². The van der Waals surface area contributed by atoms with E-state index in [1.54, 1.807) is 0 Å². The van der Waals surface area contributed by atoms with Gasteiger partial charge in [0.1, 0.15) is 16.9 Å². The average Bonchev–Trinajstić information content (AvgIpc) is 3.57. The maximum Gasteiger partial charge on any atom is 0.416 e. The Morgan fingerprint density at radius 1 is 1.17 bits per heavy atom. The van der Waals surface area contributed by atoms with Crippen molar-refractivity contribution in [2.24, 2.45) is 11.8 Å². The molecule has 1 aliphatic rings. The number of aryl methyl sites for hydroxylation is 2. The highest BCUT2D eigenvalue weighted by Gasteiger charge is 2.37. The number of hydrogen-bond acceptors (Lipinski definition) is 4. The molecule has 35 heavy (non-hydrogen) atoms. The molecule has 0 radical (unpaired) electrons. The van der Waals surface area contributed by atoms with Crippen LogP contribution in [0.4, 0.5) is 13.2 Å². The van der Waals surface area contributed by atoms with Gasteiger partial charge >= 0.3 is 12.1 Å². The van der Waals surface area contributed by atoms with Gasteiger partial charge in [-0.2, -0.15) is 13.2 Å². The van der Waals surface area contributed by atoms with E-state index in [2.05, 4.69) is 4.98 Å². The number of aliphatic carboxylic acids is 1. The maximum absolute atomic E-state index is 12.9. The number of carboxylic acids is 1. The molecule has 1 heterocycles. The third kappa shape index (κ3) is 5.86. The van der Waals surface area contributed by atoms with Crippen molar-refractivity contribution < 1.29 is 27.8 Å². The molecule has 1 fully saturated rings. The van der Waals surface area contributed by atoms with E-state index in [0.717, 1.165) is 52.4 Å². The normalized spacial score (nSPS) is 15.6. The highest BCUT2D eigenvalue weighted by Crippen LogP contribution is 2.47. The summed E-state index contributed by atoms with van der Waals surface area (Å²) in [6.45, 7) is 5.75. The molecular weight excluding hydrogens is 475 g/mol. The Morgan fingerprint density at radius 3 is 2.40 bits per heavy atom. The number of alkyl halides is 3. The molecule has 0 spiro atoms. The zero-order valence-corrected chi connectivity index (χ0v) is 20.7. The van der Waals surface area contributed by atoms with E-state index in [-0.39, 0.29) is 6.10 Å². The summed E-state index contributed by atoms with van der Waals surface area (Å²) in [5, 5.41) is 10.0. The third-order valence-corrected chi connectivity index (χ3v) is 7.75. The first-order chi connectivity index (χ1) is 16.6. The van der Waals surface area contributed by atoms with E-state index in [1.165, 1.54) is 23.5 Å². The first kappa shape index (κ1) is 25.2. The van der Waals surface area contributed by atoms with Gasteiger partial charge in [-0.05, 0) is 74.9 Å². The minimum absolute atomic E-state index is 0.177. The summed E-state index contributed by atoms with van der Waals surface area (Å²) >= 11 is 1.46. The minimum Gasteiger partial charge on any atom is -0.485 e. The number of thiazole rings is 1. The molecule has 1 aliphatic carbocycles. The van der Waals surface area contributed by atoms with Crippen molar-refractivity contribution in [1.82, 2.24) is 4.98 Å². The molecule has 0 aliphatic heterocycles. The van der Waals surface area contributed by atoms with E-state index < -0.39 is 23.6 Å². The van der Waals surface area contributed by atoms with Crippen LogP contribution in [-0.4, -0.2) is 16.1 Å². The van der Waals surface area contributed by atoms with Crippen LogP contribution in [0.1, 0.15) is 59.6 Å². The highest BCUT2D eigenvalue weighted by atomic mass is 32.1. The van der Waals surface area contributed by atoms with Crippen molar-refractivity contribution in [3.63, 3.8) is 0 Å². The van der Waals surface area contributed by atoms with Crippen LogP contribution in [0.15, 0.2) is 42.5 Å². The zero-order valence-electron chi connectivity index (χ0n) is 19.9. The van der Waals surface area contributed by atoms with Gasteiger partial charge in [-0.3, -0.25) is 4.79 Å². The second kappa shape index (κ2) is 10.0. The molecular formula is C27H28F3NO3S. The zero-order chi connectivity index (χ0) is 25.3. The maximum atomic E-state index is 12.9. The second-order valence-corrected chi connectivity index (χ2v) is 10.2. The van der Waals surface area contributed by atoms with Gasteiger partial charge in [-0.1, -0.05) is 25.1 Å². The summed E-state index contributed by atoms with van der Waals surface area (Å²) in [5.74, 6) is -0.116. The van der Waals surface area contributed by atoms with Gasteiger partial charge in [0.05, 0.1) is 22.1 Å². The lowest BCUT2D eigenvalue weighted by molar-refractivity contribution is -0.141. The Labute approximate surface area is 206 Å². The molecule has 2 unspecified atom stereocenters. The lowest BCUT2D eigenvalue weighted by atomic mass is 9.94. The topological polar surface area (TPSA) is 59.4 Å². The van der Waals surface area contributed by atoms with Crippen LogP contribution < -0.4 is 4.74 Å². The molecule has 1 aromatic heterocycles. The Balaban J connectivity index is 1.55. The number of benzene rings is 2. The second-order valence-electron chi connectivity index (χ2n) is 9.16. The molecule has 8 heteroatoms. The summed E-state index contributed by atoms with van der Waals surface area (Å²) in [7, 11) is 0. The first-order valence-corrected chi connectivity index (χ1v) is 12.5. The number of hydrogen-bond donors (Lipinski definition) is 1. The third-order valence-electron chi connectivity index (χ3n) is 6.49. The molecule has 2 atom stereocenters. The van der Waals surface area contributed by atoms with Crippen LogP contribution in [0, 0.1) is 25.7 Å². The minimum atomic E-state index is -4.37. The Kier molecular flexibility index (Phi) is 7.22. The monoisotopic (exact) mass is 503 g/mol. The average molecular weight is 504 g/mol. The molecule has 4 nitrogen and oxygen atoms in total. The van der Waals surface area contributed by atoms with Gasteiger partial charge in [0.2, 0.25) is 0 Å². The lowest BCUT2D eigenvalue weighted by Crippen LogP contribution is -2.16. The number of carboxylic acid groups (broad SMARTS) is 1. The summed E-state index contributed by atoms with van der Waals surface area (Å²) in [6, 6.07) is 10.9. The molecule has 1 N–H and O–H groups in total. The molecule has 0 saturated heterocycles. The molecule has 186 valence electrons. The number of rotatable bonds is 9. The summed E-state index contributed by atoms with van der Waals surface area (Å²) in [4.78, 5) is 17.0. The van der Waals surface area contributed by atoms with Crippen molar-refractivity contribution in [1.29, 1.82) is 0 Å². The van der Waals surface area contributed by atoms with Crippen molar-refractivity contribution in [2.45, 2.75) is 58.7 Å². The van der Waals surface area contributed by atoms with Crippen molar-refractivity contribution in [3.05, 3.63) is 69.7 Å². The molecule has 0 bridgehead atoms. The van der Waals surface area contributed by atoms with Gasteiger partial charge in [-0.15, -0.1) is 11.3 Å². The number of carbonyl (C=O) groups is 1. The van der Waals surface area contributed by atoms with Crippen LogP contribution in [0.2, 0.25) is 0 Å². The van der Waals surface area contributed by atoms with Gasteiger partial charge in [-0.25, -0.2) is 4.98 Å². The number of ether oxygens (including phenoxy) is 1. The van der Waals surface area contributed by atoms with Crippen LogP contribution in [0.5, 0.6) is 5.75 Å². The van der Waals surface area contributed by atoms with Gasteiger partial charge in [0, 0.05) is 11.5 Å². The standard InChI is InChI=1S/C27H28F3NO3S/c1-4-17(26(32)33)14-20-9-12-22(13-15(20)2)34-23(18-5-6-18)24-16(3)31-25(35-24)19-7-10-21(11-8-19)27(28,29)30/h7-13,17-18,23H,4-6,14H2,1-3H3,(H,32,33). The quantitative estimate of drug-likeness (QED) is 0.326. The van der Waals surface area contributed by atoms with Gasteiger partial charge in [0.25, 0.3) is 0 Å². The van der Waals surface area contributed by atoms with Crippen molar-refractivity contribution in [3.8, 4) is 16.3 Å². The molecule has 3 aromatic rings. The fourth-order valence-electron chi connectivity index (χ4n) is 4.15. The Bertz CT molecular complexity index is 1200. The first-order valence-electron chi connectivity index (χ1n) is 11.7. The summed E-state index contributed by atoms with van der Waals surface area (Å²) in [5.41, 5.74) is 2.77. The van der Waals surface area contributed by atoms with E-state index in [9.17, 15) is 23.1 Å². The number of aromatic nitrogens is 1. The van der Waals surface area contributed by atoms with Crippen molar-refractivity contribution in [2.75, 3.05) is 0 Å². The van der Waals surface area contributed by atoms with E-state index in [1.807, 2.05) is 39.0 Å². The fraction of sp³-hybridized carbons (Fsp3) is 0.407. The largest absolute Gasteiger partial charge is 0.485 e. The molecule has 4 rings (SSSR count). The molecule has 0 amide bonds. The predicted molar refractivity (Wildman–Crippen MR) is 130 cm³/mol. The van der Waals surface area contributed by atoms with Crippen LogP contribution >= 0.6 is 11.3 Å². The van der Waals surface area contributed by atoms with Gasteiger partial charge in [0.15, 0.2) is 0 Å². The summed E-state index contributed by atoms with van der Waals surface area (Å²) in [6.07, 6.45) is -1.40. The van der Waals surface area contributed by atoms with Gasteiger partial charge < -0.3 is 9.84 Å². The van der Waals surface area contributed by atoms with E-state index in [4.69, 9.17) is 4.74 Å². The number of halogens is 3. The lowest BCUT2D eigenvalue weighted by Gasteiger charge is -2.19. The Morgan fingerprint density at radius 2 is 1.86 bits per heavy atom. The Hall–Kier alpha value is -2.87. The van der Waals surface area contributed by atoms with E-state index in [0.29, 0.717) is 29.3 Å². The van der Waals surface area contributed by atoms with Crippen molar-refractivity contribution >= 4 is 17.3 Å². The molecule has 1 saturated carbocycles.